The number of hydrogen-bond acceptors (Lipinski definition) is 3. The molecular weight excluding hydrogens is 256 g/mol. The van der Waals surface area contributed by atoms with Gasteiger partial charge >= 0.3 is 6.09 Å². The molecule has 3 rings (SSSR count). The van der Waals surface area contributed by atoms with Gasteiger partial charge in [0.2, 0.25) is 0 Å². The third-order valence-electron chi connectivity index (χ3n) is 3.40. The van der Waals surface area contributed by atoms with E-state index in [0.29, 0.717) is 13.1 Å². The maximum atomic E-state index is 10.9. The number of carbonyl (C=O) groups is 1. The van der Waals surface area contributed by atoms with Crippen molar-refractivity contribution in [3.8, 4) is 5.69 Å². The highest BCUT2D eigenvalue weighted by Gasteiger charge is 2.16. The SMILES string of the molecule is O=C(O)N1CC=C(c2ccc(-n3ccnn3)cc2)CC1. The summed E-state index contributed by atoms with van der Waals surface area (Å²) in [4.78, 5) is 12.3. The lowest BCUT2D eigenvalue weighted by molar-refractivity contribution is 0.150. The first-order chi connectivity index (χ1) is 9.74. The second-order valence-electron chi connectivity index (χ2n) is 4.60. The number of carboxylic acid groups (broad SMARTS) is 1. The van der Waals surface area contributed by atoms with Crippen molar-refractivity contribution >= 4 is 11.7 Å². The second-order valence-corrected chi connectivity index (χ2v) is 4.60. The predicted molar refractivity (Wildman–Crippen MR) is 73.6 cm³/mol. The molecule has 20 heavy (non-hydrogen) atoms. The maximum Gasteiger partial charge on any atom is 0.407 e. The van der Waals surface area contributed by atoms with Crippen molar-refractivity contribution in [3.05, 3.63) is 48.3 Å². The number of benzene rings is 1. The molecule has 0 saturated heterocycles. The van der Waals surface area contributed by atoms with E-state index in [1.165, 1.54) is 10.5 Å². The largest absolute Gasteiger partial charge is 0.465 e. The highest BCUT2D eigenvalue weighted by Crippen LogP contribution is 2.23. The van der Waals surface area contributed by atoms with Crippen molar-refractivity contribution in [1.82, 2.24) is 19.9 Å². The summed E-state index contributed by atoms with van der Waals surface area (Å²) in [6.07, 6.45) is 5.29. The zero-order valence-corrected chi connectivity index (χ0v) is 10.8. The van der Waals surface area contributed by atoms with Gasteiger partial charge in [-0.3, -0.25) is 0 Å². The third kappa shape index (κ3) is 2.40. The van der Waals surface area contributed by atoms with Crippen LogP contribution in [0.3, 0.4) is 0 Å². The Hall–Kier alpha value is -2.63. The van der Waals surface area contributed by atoms with E-state index in [1.807, 2.05) is 30.3 Å². The summed E-state index contributed by atoms with van der Waals surface area (Å²) in [5.41, 5.74) is 3.27. The molecule has 2 heterocycles. The fraction of sp³-hybridized carbons (Fsp3) is 0.214. The van der Waals surface area contributed by atoms with Crippen LogP contribution in [0.1, 0.15) is 12.0 Å². The second kappa shape index (κ2) is 5.16. The number of nitrogens with zero attached hydrogens (tertiary/aromatic N) is 4. The van der Waals surface area contributed by atoms with Gasteiger partial charge in [0.25, 0.3) is 0 Å². The Morgan fingerprint density at radius 1 is 1.25 bits per heavy atom. The number of hydrogen-bond donors (Lipinski definition) is 1. The molecule has 6 nitrogen and oxygen atoms in total. The Bertz CT molecular complexity index is 632. The molecule has 0 bridgehead atoms. The van der Waals surface area contributed by atoms with E-state index in [0.717, 1.165) is 17.7 Å². The van der Waals surface area contributed by atoms with Gasteiger partial charge in [0.1, 0.15) is 0 Å². The average molecular weight is 270 g/mol. The van der Waals surface area contributed by atoms with E-state index < -0.39 is 6.09 Å². The van der Waals surface area contributed by atoms with Crippen LogP contribution in [0.2, 0.25) is 0 Å². The summed E-state index contributed by atoms with van der Waals surface area (Å²) in [5, 5.41) is 16.6. The summed E-state index contributed by atoms with van der Waals surface area (Å²) < 4.78 is 1.70. The minimum absolute atomic E-state index is 0.454. The van der Waals surface area contributed by atoms with Crippen molar-refractivity contribution < 1.29 is 9.90 Å². The van der Waals surface area contributed by atoms with Crippen LogP contribution < -0.4 is 0 Å². The maximum absolute atomic E-state index is 10.9. The van der Waals surface area contributed by atoms with Crippen LogP contribution in [-0.2, 0) is 0 Å². The molecule has 0 unspecified atom stereocenters. The molecule has 1 amide bonds. The Morgan fingerprint density at radius 2 is 2.05 bits per heavy atom. The van der Waals surface area contributed by atoms with Crippen LogP contribution in [-0.4, -0.2) is 44.2 Å². The summed E-state index contributed by atoms with van der Waals surface area (Å²) in [6, 6.07) is 8.02. The van der Waals surface area contributed by atoms with Gasteiger partial charge in [-0.1, -0.05) is 23.4 Å². The number of aromatic nitrogens is 3. The standard InChI is InChI=1S/C14H14N4O2/c19-14(20)17-8-5-12(6-9-17)11-1-3-13(4-2-11)18-10-7-15-16-18/h1-5,7,10H,6,8-9H2,(H,19,20). The quantitative estimate of drug-likeness (QED) is 0.906. The Labute approximate surface area is 115 Å². The van der Waals surface area contributed by atoms with E-state index >= 15 is 0 Å². The highest BCUT2D eigenvalue weighted by molar-refractivity contribution is 5.71. The summed E-state index contributed by atoms with van der Waals surface area (Å²) in [7, 11) is 0. The lowest BCUT2D eigenvalue weighted by atomic mass is 9.99. The van der Waals surface area contributed by atoms with Gasteiger partial charge in [0.05, 0.1) is 18.1 Å². The molecule has 1 aromatic heterocycles. The van der Waals surface area contributed by atoms with E-state index in [9.17, 15) is 4.79 Å². The molecule has 1 aromatic carbocycles. The van der Waals surface area contributed by atoms with E-state index in [1.54, 1.807) is 17.1 Å². The average Bonchev–Trinajstić information content (AvgIpc) is 3.02. The van der Waals surface area contributed by atoms with Crippen LogP contribution in [0.4, 0.5) is 4.79 Å². The van der Waals surface area contributed by atoms with Crippen LogP contribution in [0.15, 0.2) is 42.7 Å². The molecule has 0 spiro atoms. The summed E-state index contributed by atoms with van der Waals surface area (Å²) >= 11 is 0. The van der Waals surface area contributed by atoms with Crippen molar-refractivity contribution in [2.75, 3.05) is 13.1 Å². The Balaban J connectivity index is 1.77. The normalized spacial score (nSPS) is 15.0. The molecule has 1 aliphatic heterocycles. The molecule has 0 saturated carbocycles. The van der Waals surface area contributed by atoms with Crippen molar-refractivity contribution in [3.63, 3.8) is 0 Å². The summed E-state index contributed by atoms with van der Waals surface area (Å²) in [6.45, 7) is 1.00. The van der Waals surface area contributed by atoms with Gasteiger partial charge in [-0.15, -0.1) is 5.10 Å². The molecule has 0 fully saturated rings. The lowest BCUT2D eigenvalue weighted by Gasteiger charge is -2.23. The monoisotopic (exact) mass is 270 g/mol. The first-order valence-corrected chi connectivity index (χ1v) is 6.38. The highest BCUT2D eigenvalue weighted by atomic mass is 16.4. The van der Waals surface area contributed by atoms with Gasteiger partial charge in [-0.25, -0.2) is 9.48 Å². The lowest BCUT2D eigenvalue weighted by Crippen LogP contribution is -2.33. The molecular formula is C14H14N4O2. The van der Waals surface area contributed by atoms with Crippen LogP contribution in [0.25, 0.3) is 11.3 Å². The Kier molecular flexibility index (Phi) is 3.20. The molecule has 102 valence electrons. The van der Waals surface area contributed by atoms with Gasteiger partial charge in [0, 0.05) is 13.1 Å². The smallest absolute Gasteiger partial charge is 0.407 e. The van der Waals surface area contributed by atoms with E-state index in [2.05, 4.69) is 10.3 Å². The first-order valence-electron chi connectivity index (χ1n) is 6.38. The molecule has 0 atom stereocenters. The zero-order valence-electron chi connectivity index (χ0n) is 10.8. The minimum atomic E-state index is -0.859. The van der Waals surface area contributed by atoms with E-state index in [-0.39, 0.29) is 0 Å². The molecule has 1 aliphatic rings. The van der Waals surface area contributed by atoms with Crippen LogP contribution >= 0.6 is 0 Å². The van der Waals surface area contributed by atoms with E-state index in [4.69, 9.17) is 5.11 Å². The Morgan fingerprint density at radius 3 is 2.60 bits per heavy atom. The van der Waals surface area contributed by atoms with Gasteiger partial charge in [0.15, 0.2) is 0 Å². The first kappa shape index (κ1) is 12.4. The molecule has 2 aromatic rings. The fourth-order valence-corrected chi connectivity index (χ4v) is 2.28. The van der Waals surface area contributed by atoms with Gasteiger partial charge < -0.3 is 10.0 Å². The fourth-order valence-electron chi connectivity index (χ4n) is 2.28. The number of amides is 1. The number of rotatable bonds is 2. The van der Waals surface area contributed by atoms with Gasteiger partial charge in [-0.05, 0) is 29.7 Å². The molecule has 6 heteroatoms. The third-order valence-corrected chi connectivity index (χ3v) is 3.40. The summed E-state index contributed by atoms with van der Waals surface area (Å²) in [5.74, 6) is 0. The van der Waals surface area contributed by atoms with Gasteiger partial charge in [-0.2, -0.15) is 0 Å². The molecule has 0 aliphatic carbocycles. The predicted octanol–water partition coefficient (Wildman–Crippen LogP) is 2.03. The van der Waals surface area contributed by atoms with Crippen molar-refractivity contribution in [2.45, 2.75) is 6.42 Å². The molecule has 1 N–H and O–H groups in total. The van der Waals surface area contributed by atoms with Crippen LogP contribution in [0, 0.1) is 0 Å². The van der Waals surface area contributed by atoms with Crippen LogP contribution in [0.5, 0.6) is 0 Å². The minimum Gasteiger partial charge on any atom is -0.465 e. The molecule has 0 radical (unpaired) electrons. The van der Waals surface area contributed by atoms with Crippen molar-refractivity contribution in [1.29, 1.82) is 0 Å². The zero-order chi connectivity index (χ0) is 13.9. The van der Waals surface area contributed by atoms with Crippen molar-refractivity contribution in [2.24, 2.45) is 0 Å². The topological polar surface area (TPSA) is 71.2 Å².